The Balaban J connectivity index is 1.86. The van der Waals surface area contributed by atoms with E-state index in [0.29, 0.717) is 26.3 Å². The molecule has 8 nitrogen and oxygen atoms in total. The third-order valence-corrected chi connectivity index (χ3v) is 7.13. The van der Waals surface area contributed by atoms with Crippen molar-refractivity contribution >= 4 is 27.5 Å². The fourth-order valence-corrected chi connectivity index (χ4v) is 5.36. The van der Waals surface area contributed by atoms with E-state index >= 15 is 0 Å². The standard InChI is InChI=1S/C18H23N3O5S/c1-19-15-6-4-3-5-13(15)14-11-21(27(2,24)25)12-18(14,16(19)22)17(23)20-7-9-26-10-8-20/h3-6,14H,7-12H2,1-2H3/t14-,18+/m0/s1. The summed E-state index contributed by atoms with van der Waals surface area (Å²) in [4.78, 5) is 30.2. The Bertz CT molecular complexity index is 896. The summed E-state index contributed by atoms with van der Waals surface area (Å²) in [5.74, 6) is -1.13. The second kappa shape index (κ2) is 6.29. The molecule has 0 unspecified atom stereocenters. The van der Waals surface area contributed by atoms with Gasteiger partial charge in [-0.1, -0.05) is 18.2 Å². The van der Waals surface area contributed by atoms with Crippen molar-refractivity contribution in [3.63, 3.8) is 0 Å². The quantitative estimate of drug-likeness (QED) is 0.653. The summed E-state index contributed by atoms with van der Waals surface area (Å²) in [5, 5.41) is 0. The molecule has 4 rings (SSSR count). The molecule has 1 aromatic carbocycles. The molecule has 1 aromatic rings. The summed E-state index contributed by atoms with van der Waals surface area (Å²) in [5.41, 5.74) is 0.143. The van der Waals surface area contributed by atoms with Crippen LogP contribution in [0.4, 0.5) is 5.69 Å². The van der Waals surface area contributed by atoms with Crippen LogP contribution in [0.1, 0.15) is 11.5 Å². The first-order valence-corrected chi connectivity index (χ1v) is 10.8. The van der Waals surface area contributed by atoms with E-state index in [-0.39, 0.29) is 24.9 Å². The normalized spacial score (nSPS) is 28.8. The third kappa shape index (κ3) is 2.67. The molecule has 2 saturated heterocycles. The number of hydrogen-bond acceptors (Lipinski definition) is 5. The smallest absolute Gasteiger partial charge is 0.244 e. The van der Waals surface area contributed by atoms with Crippen molar-refractivity contribution in [2.24, 2.45) is 5.41 Å². The lowest BCUT2D eigenvalue weighted by atomic mass is 9.69. The lowest BCUT2D eigenvalue weighted by molar-refractivity contribution is -0.153. The Hall–Kier alpha value is -1.97. The van der Waals surface area contributed by atoms with Crippen LogP contribution in [-0.4, -0.2) is 82.1 Å². The van der Waals surface area contributed by atoms with Crippen LogP contribution in [0.25, 0.3) is 0 Å². The van der Waals surface area contributed by atoms with Gasteiger partial charge < -0.3 is 14.5 Å². The molecule has 9 heteroatoms. The number of fused-ring (bicyclic) bond motifs is 3. The molecular formula is C18H23N3O5S. The van der Waals surface area contributed by atoms with E-state index in [0.717, 1.165) is 17.5 Å². The number of hydrogen-bond donors (Lipinski definition) is 0. The molecule has 27 heavy (non-hydrogen) atoms. The zero-order chi connectivity index (χ0) is 19.4. The van der Waals surface area contributed by atoms with Gasteiger partial charge in [0, 0.05) is 44.8 Å². The third-order valence-electron chi connectivity index (χ3n) is 5.92. The van der Waals surface area contributed by atoms with Crippen LogP contribution in [0.5, 0.6) is 0 Å². The number of nitrogens with zero attached hydrogens (tertiary/aromatic N) is 3. The number of anilines is 1. The molecule has 0 aromatic heterocycles. The van der Waals surface area contributed by atoms with E-state index < -0.39 is 21.4 Å². The molecule has 0 bridgehead atoms. The Morgan fingerprint density at radius 2 is 1.89 bits per heavy atom. The van der Waals surface area contributed by atoms with E-state index in [1.165, 1.54) is 9.21 Å². The molecule has 0 spiro atoms. The molecule has 3 aliphatic rings. The maximum Gasteiger partial charge on any atom is 0.244 e. The number of rotatable bonds is 2. The van der Waals surface area contributed by atoms with Crippen LogP contribution in [0.15, 0.2) is 24.3 Å². The van der Waals surface area contributed by atoms with Crippen LogP contribution in [0, 0.1) is 5.41 Å². The largest absolute Gasteiger partial charge is 0.378 e. The molecule has 3 heterocycles. The number of amides is 2. The Morgan fingerprint density at radius 3 is 2.56 bits per heavy atom. The molecular weight excluding hydrogens is 370 g/mol. The zero-order valence-electron chi connectivity index (χ0n) is 15.4. The molecule has 2 amide bonds. The second-order valence-electron chi connectivity index (χ2n) is 7.41. The number of benzene rings is 1. The Morgan fingerprint density at radius 1 is 1.22 bits per heavy atom. The van der Waals surface area contributed by atoms with Gasteiger partial charge in [-0.15, -0.1) is 0 Å². The lowest BCUT2D eigenvalue weighted by Crippen LogP contribution is -2.60. The predicted molar refractivity (Wildman–Crippen MR) is 98.8 cm³/mol. The average Bonchev–Trinajstić information content (AvgIpc) is 3.09. The van der Waals surface area contributed by atoms with Crippen LogP contribution in [-0.2, 0) is 24.3 Å². The molecule has 0 saturated carbocycles. The highest BCUT2D eigenvalue weighted by Crippen LogP contribution is 2.52. The summed E-state index contributed by atoms with van der Waals surface area (Å²) >= 11 is 0. The first kappa shape index (κ1) is 18.4. The molecule has 0 aliphatic carbocycles. The fourth-order valence-electron chi connectivity index (χ4n) is 4.50. The van der Waals surface area contributed by atoms with Crippen molar-refractivity contribution in [2.45, 2.75) is 5.92 Å². The van der Waals surface area contributed by atoms with E-state index in [2.05, 4.69) is 0 Å². The zero-order valence-corrected chi connectivity index (χ0v) is 16.2. The van der Waals surface area contributed by atoms with E-state index in [1.807, 2.05) is 24.3 Å². The summed E-state index contributed by atoms with van der Waals surface area (Å²) in [6, 6.07) is 7.41. The monoisotopic (exact) mass is 393 g/mol. The first-order valence-electron chi connectivity index (χ1n) is 8.96. The van der Waals surface area contributed by atoms with Crippen LogP contribution in [0.3, 0.4) is 0 Å². The van der Waals surface area contributed by atoms with Crippen molar-refractivity contribution in [1.29, 1.82) is 0 Å². The van der Waals surface area contributed by atoms with Crippen LogP contribution in [0.2, 0.25) is 0 Å². The summed E-state index contributed by atoms with van der Waals surface area (Å²) in [6.45, 7) is 1.66. The Labute approximate surface area is 158 Å². The average molecular weight is 393 g/mol. The van der Waals surface area contributed by atoms with E-state index in [4.69, 9.17) is 4.74 Å². The summed E-state index contributed by atoms with van der Waals surface area (Å²) in [7, 11) is -1.89. The van der Waals surface area contributed by atoms with Crippen molar-refractivity contribution in [3.05, 3.63) is 29.8 Å². The Kier molecular flexibility index (Phi) is 4.28. The predicted octanol–water partition coefficient (Wildman–Crippen LogP) is -0.133. The molecule has 3 aliphatic heterocycles. The van der Waals surface area contributed by atoms with Gasteiger partial charge in [0.2, 0.25) is 21.8 Å². The van der Waals surface area contributed by atoms with Gasteiger partial charge in [0.15, 0.2) is 0 Å². The molecule has 2 fully saturated rings. The SMILES string of the molecule is CN1C(=O)[C@@]2(C(=O)N3CCOCC3)CN(S(C)(=O)=O)C[C@H]2c2ccccc21. The summed E-state index contributed by atoms with van der Waals surface area (Å²) in [6.07, 6.45) is 1.12. The fraction of sp³-hybridized carbons (Fsp3) is 0.556. The van der Waals surface area contributed by atoms with Gasteiger partial charge in [-0.3, -0.25) is 9.59 Å². The molecule has 146 valence electrons. The highest BCUT2D eigenvalue weighted by molar-refractivity contribution is 7.88. The minimum atomic E-state index is -3.54. The number of sulfonamides is 1. The highest BCUT2D eigenvalue weighted by Gasteiger charge is 2.64. The number of ether oxygens (including phenoxy) is 1. The number of morpholine rings is 1. The minimum absolute atomic E-state index is 0.121. The topological polar surface area (TPSA) is 87.2 Å². The van der Waals surface area contributed by atoms with Gasteiger partial charge in [0.1, 0.15) is 5.41 Å². The second-order valence-corrected chi connectivity index (χ2v) is 9.39. The van der Waals surface area contributed by atoms with Crippen molar-refractivity contribution < 1.29 is 22.7 Å². The molecule has 0 N–H and O–H groups in total. The lowest BCUT2D eigenvalue weighted by Gasteiger charge is -2.44. The van der Waals surface area contributed by atoms with Gasteiger partial charge in [-0.05, 0) is 11.6 Å². The number of carbonyl (C=O) groups excluding carboxylic acids is 2. The van der Waals surface area contributed by atoms with E-state index in [9.17, 15) is 18.0 Å². The maximum absolute atomic E-state index is 13.6. The molecule has 0 radical (unpaired) electrons. The number of para-hydroxylation sites is 1. The van der Waals surface area contributed by atoms with Gasteiger partial charge in [0.25, 0.3) is 0 Å². The minimum Gasteiger partial charge on any atom is -0.378 e. The van der Waals surface area contributed by atoms with Gasteiger partial charge in [-0.2, -0.15) is 4.31 Å². The van der Waals surface area contributed by atoms with Crippen LogP contribution < -0.4 is 4.90 Å². The van der Waals surface area contributed by atoms with Gasteiger partial charge in [0.05, 0.1) is 19.5 Å². The molecule has 2 atom stereocenters. The van der Waals surface area contributed by atoms with Gasteiger partial charge >= 0.3 is 0 Å². The van der Waals surface area contributed by atoms with Crippen molar-refractivity contribution in [3.8, 4) is 0 Å². The van der Waals surface area contributed by atoms with Crippen molar-refractivity contribution in [1.82, 2.24) is 9.21 Å². The summed E-state index contributed by atoms with van der Waals surface area (Å²) < 4.78 is 31.1. The van der Waals surface area contributed by atoms with Crippen LogP contribution >= 0.6 is 0 Å². The van der Waals surface area contributed by atoms with Crippen molar-refractivity contribution in [2.75, 3.05) is 57.6 Å². The highest BCUT2D eigenvalue weighted by atomic mass is 32.2. The first-order chi connectivity index (χ1) is 12.8. The maximum atomic E-state index is 13.6. The van der Waals surface area contributed by atoms with E-state index in [1.54, 1.807) is 11.9 Å². The van der Waals surface area contributed by atoms with Gasteiger partial charge in [-0.25, -0.2) is 8.42 Å². The number of carbonyl (C=O) groups is 2.